The first-order chi connectivity index (χ1) is 13.3. The number of aryl methyl sites for hydroxylation is 2. The summed E-state index contributed by atoms with van der Waals surface area (Å²) in [6.07, 6.45) is 3.78. The molecule has 1 aliphatic heterocycles. The van der Waals surface area contributed by atoms with Crippen molar-refractivity contribution in [1.29, 1.82) is 0 Å². The van der Waals surface area contributed by atoms with E-state index in [0.29, 0.717) is 13.0 Å². The Morgan fingerprint density at radius 3 is 2.75 bits per heavy atom. The van der Waals surface area contributed by atoms with Gasteiger partial charge in [-0.3, -0.25) is 9.59 Å². The third kappa shape index (κ3) is 4.43. The normalized spacial score (nSPS) is 17.2. The summed E-state index contributed by atoms with van der Waals surface area (Å²) in [4.78, 5) is 34.9. The van der Waals surface area contributed by atoms with Gasteiger partial charge in [0.15, 0.2) is 0 Å². The third-order valence-corrected chi connectivity index (χ3v) is 6.34. The van der Waals surface area contributed by atoms with E-state index in [4.69, 9.17) is 0 Å². The number of thiazole rings is 1. The molecule has 0 unspecified atom stereocenters. The van der Waals surface area contributed by atoms with Crippen LogP contribution in [-0.2, 0) is 11.2 Å². The molecule has 1 fully saturated rings. The van der Waals surface area contributed by atoms with Crippen molar-refractivity contribution in [3.05, 3.63) is 38.2 Å². The number of anilines is 1. The molecule has 3 heterocycles. The van der Waals surface area contributed by atoms with Gasteiger partial charge in [0.1, 0.15) is 0 Å². The van der Waals surface area contributed by atoms with E-state index in [1.54, 1.807) is 23.6 Å². The molecule has 1 saturated heterocycles. The summed E-state index contributed by atoms with van der Waals surface area (Å²) in [5, 5.41) is 5.40. The molecule has 2 aromatic rings. The van der Waals surface area contributed by atoms with Crippen LogP contribution < -0.4 is 10.5 Å². The fraction of sp³-hybridized carbons (Fsp3) is 0.600. The van der Waals surface area contributed by atoms with Crippen molar-refractivity contribution in [1.82, 2.24) is 19.7 Å². The fourth-order valence-corrected chi connectivity index (χ4v) is 4.38. The van der Waals surface area contributed by atoms with Gasteiger partial charge in [0.2, 0.25) is 5.91 Å². The van der Waals surface area contributed by atoms with Crippen LogP contribution in [0.15, 0.2) is 17.1 Å². The molecule has 1 aliphatic rings. The minimum Gasteiger partial charge on any atom is -0.371 e. The predicted molar refractivity (Wildman–Crippen MR) is 112 cm³/mol. The molecule has 0 aromatic carbocycles. The molecule has 1 amide bonds. The van der Waals surface area contributed by atoms with Crippen LogP contribution in [0.5, 0.6) is 0 Å². The molecular weight excluding hydrogens is 374 g/mol. The van der Waals surface area contributed by atoms with E-state index >= 15 is 0 Å². The SMILES string of the molecule is Cc1nc(CC(=O)N2CCC[C@H](n3ncc(N(C)C(C)C)cc3=O)C2)c(C)s1. The molecule has 0 aliphatic carbocycles. The Morgan fingerprint density at radius 1 is 1.39 bits per heavy atom. The van der Waals surface area contributed by atoms with Crippen molar-refractivity contribution in [2.45, 2.75) is 59.0 Å². The van der Waals surface area contributed by atoms with Crippen LogP contribution in [0, 0.1) is 13.8 Å². The smallest absolute Gasteiger partial charge is 0.269 e. The first-order valence-electron chi connectivity index (χ1n) is 9.78. The standard InChI is InChI=1S/C20H29N5O2S/c1-13(2)23(5)17-9-20(27)25(21-11-17)16-7-6-8-24(12-16)19(26)10-18-14(3)28-15(4)22-18/h9,11,13,16H,6-8,10,12H2,1-5H3/t16-/m0/s1. The highest BCUT2D eigenvalue weighted by Gasteiger charge is 2.27. The fourth-order valence-electron chi connectivity index (χ4n) is 3.55. The van der Waals surface area contributed by atoms with E-state index in [1.165, 1.54) is 4.68 Å². The van der Waals surface area contributed by atoms with Gasteiger partial charge in [0.25, 0.3) is 5.56 Å². The van der Waals surface area contributed by atoms with Crippen LogP contribution >= 0.6 is 11.3 Å². The summed E-state index contributed by atoms with van der Waals surface area (Å²) >= 11 is 1.62. The van der Waals surface area contributed by atoms with Gasteiger partial charge in [0.05, 0.1) is 35.0 Å². The number of rotatable bonds is 5. The van der Waals surface area contributed by atoms with Crippen LogP contribution in [0.3, 0.4) is 0 Å². The Hall–Kier alpha value is -2.22. The molecule has 3 rings (SSSR count). The lowest BCUT2D eigenvalue weighted by atomic mass is 10.0. The maximum absolute atomic E-state index is 12.8. The highest BCUT2D eigenvalue weighted by Crippen LogP contribution is 2.22. The number of amides is 1. The van der Waals surface area contributed by atoms with Crippen LogP contribution in [-0.4, -0.2) is 51.8 Å². The quantitative estimate of drug-likeness (QED) is 0.767. The summed E-state index contributed by atoms with van der Waals surface area (Å²) in [6.45, 7) is 9.35. The molecule has 0 saturated carbocycles. The molecule has 1 atom stereocenters. The van der Waals surface area contributed by atoms with Crippen molar-refractivity contribution in [2.24, 2.45) is 0 Å². The van der Waals surface area contributed by atoms with Gasteiger partial charge in [-0.25, -0.2) is 9.67 Å². The Balaban J connectivity index is 1.71. The zero-order valence-electron chi connectivity index (χ0n) is 17.3. The highest BCUT2D eigenvalue weighted by atomic mass is 32.1. The molecule has 0 spiro atoms. The van der Waals surface area contributed by atoms with Crippen molar-refractivity contribution in [3.63, 3.8) is 0 Å². The van der Waals surface area contributed by atoms with E-state index in [-0.39, 0.29) is 23.6 Å². The number of hydrogen-bond acceptors (Lipinski definition) is 6. The zero-order chi connectivity index (χ0) is 20.4. The van der Waals surface area contributed by atoms with Crippen molar-refractivity contribution in [2.75, 3.05) is 25.0 Å². The summed E-state index contributed by atoms with van der Waals surface area (Å²) in [7, 11) is 1.95. The van der Waals surface area contributed by atoms with Crippen molar-refractivity contribution in [3.8, 4) is 0 Å². The lowest BCUT2D eigenvalue weighted by Gasteiger charge is -2.33. The van der Waals surface area contributed by atoms with Crippen LogP contribution in [0.25, 0.3) is 0 Å². The maximum Gasteiger partial charge on any atom is 0.269 e. The minimum absolute atomic E-state index is 0.0716. The molecule has 28 heavy (non-hydrogen) atoms. The number of piperidine rings is 1. The molecule has 0 bridgehead atoms. The molecule has 152 valence electrons. The second kappa shape index (κ2) is 8.43. The molecule has 0 N–H and O–H groups in total. The molecule has 8 heteroatoms. The Morgan fingerprint density at radius 2 is 2.14 bits per heavy atom. The predicted octanol–water partition coefficient (Wildman–Crippen LogP) is 2.57. The van der Waals surface area contributed by atoms with E-state index in [9.17, 15) is 9.59 Å². The monoisotopic (exact) mass is 403 g/mol. The number of likely N-dealkylation sites (tertiary alicyclic amines) is 1. The Labute approximate surface area is 170 Å². The lowest BCUT2D eigenvalue weighted by molar-refractivity contribution is -0.132. The van der Waals surface area contributed by atoms with Gasteiger partial charge < -0.3 is 9.80 Å². The zero-order valence-corrected chi connectivity index (χ0v) is 18.1. The number of aromatic nitrogens is 3. The molecule has 7 nitrogen and oxygen atoms in total. The third-order valence-electron chi connectivity index (χ3n) is 5.41. The second-order valence-corrected chi connectivity index (χ2v) is 9.16. The van der Waals surface area contributed by atoms with Crippen LogP contribution in [0.4, 0.5) is 5.69 Å². The molecule has 0 radical (unpaired) electrons. The largest absolute Gasteiger partial charge is 0.371 e. The Kier molecular flexibility index (Phi) is 6.17. The maximum atomic E-state index is 12.8. The molecular formula is C20H29N5O2S. The number of nitrogens with zero attached hydrogens (tertiary/aromatic N) is 5. The summed E-state index contributed by atoms with van der Waals surface area (Å²) in [5.41, 5.74) is 1.57. The lowest BCUT2D eigenvalue weighted by Crippen LogP contribution is -2.44. The molecule has 2 aromatic heterocycles. The topological polar surface area (TPSA) is 71.3 Å². The van der Waals surface area contributed by atoms with Gasteiger partial charge in [-0.15, -0.1) is 11.3 Å². The van der Waals surface area contributed by atoms with Crippen LogP contribution in [0.2, 0.25) is 0 Å². The summed E-state index contributed by atoms with van der Waals surface area (Å²) in [6, 6.07) is 1.84. The van der Waals surface area contributed by atoms with E-state index in [1.807, 2.05) is 30.7 Å². The van der Waals surface area contributed by atoms with E-state index in [0.717, 1.165) is 40.7 Å². The first-order valence-corrected chi connectivity index (χ1v) is 10.6. The number of carbonyl (C=O) groups is 1. The van der Waals surface area contributed by atoms with Gasteiger partial charge >= 0.3 is 0 Å². The number of hydrogen-bond donors (Lipinski definition) is 0. The van der Waals surface area contributed by atoms with Crippen LogP contribution in [0.1, 0.15) is 48.3 Å². The second-order valence-electron chi connectivity index (χ2n) is 7.75. The van der Waals surface area contributed by atoms with Crippen molar-refractivity contribution >= 4 is 22.9 Å². The van der Waals surface area contributed by atoms with Gasteiger partial charge in [0, 0.05) is 37.1 Å². The van der Waals surface area contributed by atoms with Gasteiger partial charge in [-0.2, -0.15) is 5.10 Å². The van der Waals surface area contributed by atoms with Gasteiger partial charge in [-0.05, 0) is 40.5 Å². The van der Waals surface area contributed by atoms with E-state index in [2.05, 4.69) is 23.9 Å². The average molecular weight is 404 g/mol. The Bertz CT molecular complexity index is 904. The minimum atomic E-state index is -0.115. The van der Waals surface area contributed by atoms with E-state index < -0.39 is 0 Å². The summed E-state index contributed by atoms with van der Waals surface area (Å²) in [5.74, 6) is 0.0716. The van der Waals surface area contributed by atoms with Crippen molar-refractivity contribution < 1.29 is 4.79 Å². The summed E-state index contributed by atoms with van der Waals surface area (Å²) < 4.78 is 1.54. The highest BCUT2D eigenvalue weighted by molar-refractivity contribution is 7.11. The average Bonchev–Trinajstić information content (AvgIpc) is 2.97. The number of carbonyl (C=O) groups excluding carboxylic acids is 1. The van der Waals surface area contributed by atoms with Gasteiger partial charge in [-0.1, -0.05) is 0 Å². The first kappa shape index (κ1) is 20.5.